The second-order valence-corrected chi connectivity index (χ2v) is 9.42. The van der Waals surface area contributed by atoms with Gasteiger partial charge in [0.05, 0.1) is 5.69 Å². The first kappa shape index (κ1) is 22.1. The molecule has 0 amide bonds. The molecule has 2 fully saturated rings. The number of piperazine rings is 1. The van der Waals surface area contributed by atoms with Crippen LogP contribution in [0.3, 0.4) is 0 Å². The number of nitrogens with one attached hydrogen (secondary N) is 2. The maximum Gasteiger partial charge on any atom is 0.228 e. The lowest BCUT2D eigenvalue weighted by atomic mass is 10.1. The summed E-state index contributed by atoms with van der Waals surface area (Å²) >= 11 is 0. The lowest BCUT2D eigenvalue weighted by Gasteiger charge is -2.33. The monoisotopic (exact) mass is 472 g/mol. The number of likely N-dealkylation sites (N-methyl/N-ethyl adjacent to an activating group) is 1. The highest BCUT2D eigenvalue weighted by Gasteiger charge is 2.28. The third-order valence-corrected chi connectivity index (χ3v) is 6.96. The van der Waals surface area contributed by atoms with Crippen LogP contribution in [0.5, 0.6) is 0 Å². The van der Waals surface area contributed by atoms with Gasteiger partial charge >= 0.3 is 0 Å². The number of anilines is 2. The summed E-state index contributed by atoms with van der Waals surface area (Å²) in [4.78, 5) is 18.5. The maximum atomic E-state index is 14.8. The minimum atomic E-state index is -0.345. The Bertz CT molecular complexity index is 1320. The second kappa shape index (κ2) is 9.31. The van der Waals surface area contributed by atoms with Gasteiger partial charge in [-0.2, -0.15) is 5.10 Å². The molecule has 2 N–H and O–H groups in total. The van der Waals surface area contributed by atoms with E-state index in [2.05, 4.69) is 53.3 Å². The Balaban J connectivity index is 1.16. The SMILES string of the molecule is CCN1CCN(Cc2ccc(Nc3nccc(-c4cc(F)c5n[nH]c(C6CC6)c5c4)n3)nc2)CC1. The zero-order valence-electron chi connectivity index (χ0n) is 19.8. The number of aromatic nitrogens is 5. The molecule has 1 saturated carbocycles. The Kier molecular flexibility index (Phi) is 5.87. The van der Waals surface area contributed by atoms with Crippen molar-refractivity contribution in [2.45, 2.75) is 32.2 Å². The van der Waals surface area contributed by atoms with Crippen LogP contribution in [0.25, 0.3) is 22.2 Å². The van der Waals surface area contributed by atoms with E-state index in [0.717, 1.165) is 63.2 Å². The van der Waals surface area contributed by atoms with Gasteiger partial charge in [0.2, 0.25) is 5.95 Å². The van der Waals surface area contributed by atoms with Gasteiger partial charge in [0, 0.05) is 67.7 Å². The molecule has 0 radical (unpaired) electrons. The minimum absolute atomic E-state index is 0.345. The van der Waals surface area contributed by atoms with Crippen molar-refractivity contribution in [3.05, 3.63) is 59.8 Å². The van der Waals surface area contributed by atoms with E-state index in [1.165, 1.54) is 11.6 Å². The first-order valence-electron chi connectivity index (χ1n) is 12.3. The van der Waals surface area contributed by atoms with Crippen LogP contribution in [0.2, 0.25) is 0 Å². The van der Waals surface area contributed by atoms with Gasteiger partial charge in [-0.25, -0.2) is 19.3 Å². The first-order chi connectivity index (χ1) is 17.2. The summed E-state index contributed by atoms with van der Waals surface area (Å²) in [5.41, 5.74) is 3.94. The summed E-state index contributed by atoms with van der Waals surface area (Å²) in [6, 6.07) is 9.28. The first-order valence-corrected chi connectivity index (χ1v) is 12.3. The molecule has 3 aromatic heterocycles. The average molecular weight is 473 g/mol. The van der Waals surface area contributed by atoms with Crippen LogP contribution in [0.15, 0.2) is 42.7 Å². The number of fused-ring (bicyclic) bond motifs is 1. The van der Waals surface area contributed by atoms with Crippen LogP contribution in [-0.4, -0.2) is 67.7 Å². The molecule has 35 heavy (non-hydrogen) atoms. The smallest absolute Gasteiger partial charge is 0.228 e. The molecule has 0 unspecified atom stereocenters. The maximum absolute atomic E-state index is 14.8. The topological polar surface area (TPSA) is 85.9 Å². The van der Waals surface area contributed by atoms with Crippen LogP contribution in [0, 0.1) is 5.82 Å². The number of hydrogen-bond donors (Lipinski definition) is 2. The Morgan fingerprint density at radius 3 is 2.63 bits per heavy atom. The lowest BCUT2D eigenvalue weighted by Crippen LogP contribution is -2.45. The van der Waals surface area contributed by atoms with Gasteiger partial charge in [0.15, 0.2) is 5.82 Å². The van der Waals surface area contributed by atoms with E-state index >= 15 is 0 Å². The molecule has 1 aliphatic carbocycles. The van der Waals surface area contributed by atoms with Crippen molar-refractivity contribution in [3.8, 4) is 11.3 Å². The Morgan fingerprint density at radius 2 is 1.89 bits per heavy atom. The van der Waals surface area contributed by atoms with E-state index < -0.39 is 0 Å². The molecule has 0 spiro atoms. The highest BCUT2D eigenvalue weighted by atomic mass is 19.1. The number of benzene rings is 1. The van der Waals surface area contributed by atoms with Crippen LogP contribution in [0.4, 0.5) is 16.2 Å². The Labute approximate surface area is 203 Å². The quantitative estimate of drug-likeness (QED) is 0.414. The fraction of sp³-hybridized carbons (Fsp3) is 0.385. The number of pyridine rings is 1. The molecule has 1 saturated heterocycles. The van der Waals surface area contributed by atoms with Crippen molar-refractivity contribution < 1.29 is 4.39 Å². The number of aromatic amines is 1. The third-order valence-electron chi connectivity index (χ3n) is 6.96. The minimum Gasteiger partial charge on any atom is -0.309 e. The molecule has 4 heterocycles. The summed E-state index contributed by atoms with van der Waals surface area (Å²) in [6.45, 7) is 8.65. The molecule has 1 aliphatic heterocycles. The number of hydrogen-bond acceptors (Lipinski definition) is 7. The molecular weight excluding hydrogens is 443 g/mol. The normalized spacial score (nSPS) is 17.2. The van der Waals surface area contributed by atoms with E-state index in [0.29, 0.717) is 34.5 Å². The van der Waals surface area contributed by atoms with E-state index in [9.17, 15) is 4.39 Å². The van der Waals surface area contributed by atoms with Gasteiger partial charge < -0.3 is 10.2 Å². The standard InChI is InChI=1S/C26H29FN8/c1-2-34-9-11-35(12-10-34)16-17-3-6-23(29-15-17)31-26-28-8-7-22(30-26)19-13-20-24(18-4-5-18)32-33-25(20)21(27)14-19/h3,6-8,13-15,18H,2,4-5,9-12,16H2,1H3,(H,32,33)(H,28,29,30,31). The number of nitrogens with zero attached hydrogens (tertiary/aromatic N) is 6. The van der Waals surface area contributed by atoms with Crippen molar-refractivity contribution in [2.75, 3.05) is 38.0 Å². The molecule has 4 aromatic rings. The predicted molar refractivity (Wildman–Crippen MR) is 134 cm³/mol. The number of halogens is 1. The summed E-state index contributed by atoms with van der Waals surface area (Å²) in [5, 5.41) is 11.2. The molecule has 2 aliphatic rings. The van der Waals surface area contributed by atoms with Gasteiger partial charge in [-0.15, -0.1) is 0 Å². The van der Waals surface area contributed by atoms with Crippen molar-refractivity contribution >= 4 is 22.7 Å². The zero-order valence-corrected chi connectivity index (χ0v) is 19.8. The van der Waals surface area contributed by atoms with Crippen molar-refractivity contribution in [2.24, 2.45) is 0 Å². The number of rotatable bonds is 7. The van der Waals surface area contributed by atoms with Crippen LogP contribution >= 0.6 is 0 Å². The van der Waals surface area contributed by atoms with E-state index in [1.807, 2.05) is 18.3 Å². The summed E-state index contributed by atoms with van der Waals surface area (Å²) in [5.74, 6) is 1.21. The zero-order chi connectivity index (χ0) is 23.8. The molecular formula is C26H29FN8. The summed E-state index contributed by atoms with van der Waals surface area (Å²) in [7, 11) is 0. The molecule has 9 heteroatoms. The highest BCUT2D eigenvalue weighted by molar-refractivity contribution is 5.87. The van der Waals surface area contributed by atoms with Gasteiger partial charge in [-0.1, -0.05) is 13.0 Å². The highest BCUT2D eigenvalue weighted by Crippen LogP contribution is 2.43. The molecule has 8 nitrogen and oxygen atoms in total. The van der Waals surface area contributed by atoms with Gasteiger partial charge in [0.1, 0.15) is 11.3 Å². The molecule has 0 bridgehead atoms. The third kappa shape index (κ3) is 4.74. The fourth-order valence-electron chi connectivity index (χ4n) is 4.73. The van der Waals surface area contributed by atoms with E-state index in [4.69, 9.17) is 0 Å². The lowest BCUT2D eigenvalue weighted by molar-refractivity contribution is 0.132. The van der Waals surface area contributed by atoms with Crippen LogP contribution < -0.4 is 5.32 Å². The van der Waals surface area contributed by atoms with Gasteiger partial charge in [0.25, 0.3) is 0 Å². The van der Waals surface area contributed by atoms with Crippen LogP contribution in [-0.2, 0) is 6.54 Å². The molecule has 0 atom stereocenters. The largest absolute Gasteiger partial charge is 0.309 e. The van der Waals surface area contributed by atoms with Crippen molar-refractivity contribution in [1.82, 2.24) is 34.9 Å². The van der Waals surface area contributed by atoms with Crippen molar-refractivity contribution in [3.63, 3.8) is 0 Å². The summed E-state index contributed by atoms with van der Waals surface area (Å²) in [6.07, 6.45) is 5.81. The second-order valence-electron chi connectivity index (χ2n) is 9.42. The van der Waals surface area contributed by atoms with E-state index in [-0.39, 0.29) is 5.82 Å². The molecule has 6 rings (SSSR count). The average Bonchev–Trinajstić information content (AvgIpc) is 3.64. The Morgan fingerprint density at radius 1 is 1.06 bits per heavy atom. The molecule has 180 valence electrons. The molecule has 1 aromatic carbocycles. The fourth-order valence-corrected chi connectivity index (χ4v) is 4.73. The summed E-state index contributed by atoms with van der Waals surface area (Å²) < 4.78 is 14.8. The van der Waals surface area contributed by atoms with Gasteiger partial charge in [-0.3, -0.25) is 10.00 Å². The predicted octanol–water partition coefficient (Wildman–Crippen LogP) is 4.31. The number of H-pyrrole nitrogens is 1. The van der Waals surface area contributed by atoms with Crippen LogP contribution in [0.1, 0.15) is 36.9 Å². The van der Waals surface area contributed by atoms with E-state index in [1.54, 1.807) is 12.3 Å². The van der Waals surface area contributed by atoms with Gasteiger partial charge in [-0.05, 0) is 49.2 Å². The van der Waals surface area contributed by atoms with Crippen molar-refractivity contribution in [1.29, 1.82) is 0 Å². The Hall–Kier alpha value is -3.43.